The first-order valence-corrected chi connectivity index (χ1v) is 7.54. The molecule has 1 N–H and O–H groups in total. The highest BCUT2D eigenvalue weighted by Gasteiger charge is 2.17. The number of fused-ring (bicyclic) bond motifs is 2. The fourth-order valence-electron chi connectivity index (χ4n) is 3.24. The highest BCUT2D eigenvalue weighted by Crippen LogP contribution is 2.38. The van der Waals surface area contributed by atoms with Crippen LogP contribution in [0.4, 0.5) is 5.69 Å². The van der Waals surface area contributed by atoms with E-state index in [4.69, 9.17) is 4.74 Å². The normalized spacial score (nSPS) is 16.6. The molecule has 0 saturated heterocycles. The van der Waals surface area contributed by atoms with E-state index in [0.29, 0.717) is 0 Å². The SMILES string of the molecule is c1cc2c(c(-c3ccc4c(c3)NCCC4)c1)OCCC2. The summed E-state index contributed by atoms with van der Waals surface area (Å²) in [7, 11) is 0. The summed E-state index contributed by atoms with van der Waals surface area (Å²) in [5.41, 5.74) is 6.57. The van der Waals surface area contributed by atoms with Crippen LogP contribution in [-0.4, -0.2) is 13.2 Å². The van der Waals surface area contributed by atoms with Crippen LogP contribution in [0.3, 0.4) is 0 Å². The predicted octanol–water partition coefficient (Wildman–Crippen LogP) is 4.04. The van der Waals surface area contributed by atoms with Crippen molar-refractivity contribution in [2.75, 3.05) is 18.5 Å². The number of hydrogen-bond acceptors (Lipinski definition) is 2. The number of hydrogen-bond donors (Lipinski definition) is 1. The third kappa shape index (κ3) is 1.96. The molecule has 2 aliphatic rings. The summed E-state index contributed by atoms with van der Waals surface area (Å²) in [5.74, 6) is 1.09. The molecular formula is C18H19NO. The van der Waals surface area contributed by atoms with Crippen molar-refractivity contribution in [3.8, 4) is 16.9 Å². The average molecular weight is 265 g/mol. The van der Waals surface area contributed by atoms with Gasteiger partial charge in [0.1, 0.15) is 5.75 Å². The number of nitrogens with one attached hydrogen (secondary N) is 1. The zero-order valence-corrected chi connectivity index (χ0v) is 11.6. The Morgan fingerprint density at radius 3 is 2.90 bits per heavy atom. The lowest BCUT2D eigenvalue weighted by molar-refractivity contribution is 0.289. The van der Waals surface area contributed by atoms with Crippen LogP contribution in [0.15, 0.2) is 36.4 Å². The Kier molecular flexibility index (Phi) is 2.87. The molecule has 0 saturated carbocycles. The number of benzene rings is 2. The molecule has 0 amide bonds. The first kappa shape index (κ1) is 11.8. The molecule has 4 rings (SSSR count). The molecule has 2 aromatic rings. The van der Waals surface area contributed by atoms with Crippen molar-refractivity contribution in [1.82, 2.24) is 0 Å². The van der Waals surface area contributed by atoms with Crippen LogP contribution in [0.5, 0.6) is 5.75 Å². The van der Waals surface area contributed by atoms with Gasteiger partial charge in [0.15, 0.2) is 0 Å². The molecule has 2 heterocycles. The van der Waals surface area contributed by atoms with E-state index >= 15 is 0 Å². The van der Waals surface area contributed by atoms with Gasteiger partial charge in [-0.2, -0.15) is 0 Å². The van der Waals surface area contributed by atoms with Gasteiger partial charge in [-0.3, -0.25) is 0 Å². The van der Waals surface area contributed by atoms with E-state index in [9.17, 15) is 0 Å². The van der Waals surface area contributed by atoms with Gasteiger partial charge in [0.25, 0.3) is 0 Å². The summed E-state index contributed by atoms with van der Waals surface area (Å²) in [4.78, 5) is 0. The number of aryl methyl sites for hydroxylation is 2. The maximum Gasteiger partial charge on any atom is 0.130 e. The molecule has 0 unspecified atom stereocenters. The van der Waals surface area contributed by atoms with Crippen LogP contribution in [0.1, 0.15) is 24.0 Å². The van der Waals surface area contributed by atoms with Gasteiger partial charge in [0, 0.05) is 17.8 Å². The van der Waals surface area contributed by atoms with E-state index in [-0.39, 0.29) is 0 Å². The largest absolute Gasteiger partial charge is 0.493 e. The second-order valence-electron chi connectivity index (χ2n) is 5.65. The first-order valence-electron chi connectivity index (χ1n) is 7.54. The summed E-state index contributed by atoms with van der Waals surface area (Å²) >= 11 is 0. The summed E-state index contributed by atoms with van der Waals surface area (Å²) in [6.45, 7) is 1.92. The third-order valence-electron chi connectivity index (χ3n) is 4.29. The minimum absolute atomic E-state index is 0.840. The van der Waals surface area contributed by atoms with Gasteiger partial charge in [-0.1, -0.05) is 30.3 Å². The van der Waals surface area contributed by atoms with Crippen molar-refractivity contribution in [2.24, 2.45) is 0 Å². The lowest BCUT2D eigenvalue weighted by atomic mass is 9.94. The van der Waals surface area contributed by atoms with Gasteiger partial charge in [0.05, 0.1) is 6.61 Å². The van der Waals surface area contributed by atoms with E-state index in [1.807, 2.05) is 0 Å². The number of para-hydroxylation sites is 1. The standard InChI is InChI=1S/C18H19NO/c1-4-14-6-3-11-20-18(14)16(7-1)15-9-8-13-5-2-10-19-17(13)12-15/h1,4,7-9,12,19H,2-3,5-6,10-11H2. The van der Waals surface area contributed by atoms with Crippen LogP contribution in [0.25, 0.3) is 11.1 Å². The van der Waals surface area contributed by atoms with E-state index in [1.165, 1.54) is 40.8 Å². The Bertz CT molecular complexity index is 648. The monoisotopic (exact) mass is 265 g/mol. The van der Waals surface area contributed by atoms with Gasteiger partial charge in [-0.05, 0) is 48.4 Å². The quantitative estimate of drug-likeness (QED) is 0.840. The van der Waals surface area contributed by atoms with Crippen LogP contribution in [0.2, 0.25) is 0 Å². The van der Waals surface area contributed by atoms with Gasteiger partial charge < -0.3 is 10.1 Å². The Labute approximate surface area is 119 Å². The van der Waals surface area contributed by atoms with Gasteiger partial charge in [-0.25, -0.2) is 0 Å². The van der Waals surface area contributed by atoms with E-state index < -0.39 is 0 Å². The van der Waals surface area contributed by atoms with Crippen molar-refractivity contribution in [2.45, 2.75) is 25.7 Å². The number of anilines is 1. The average Bonchev–Trinajstić information content (AvgIpc) is 2.54. The van der Waals surface area contributed by atoms with Crippen molar-refractivity contribution in [1.29, 1.82) is 0 Å². The van der Waals surface area contributed by atoms with Crippen molar-refractivity contribution in [3.05, 3.63) is 47.5 Å². The second kappa shape index (κ2) is 4.86. The van der Waals surface area contributed by atoms with Gasteiger partial charge in [-0.15, -0.1) is 0 Å². The fraction of sp³-hybridized carbons (Fsp3) is 0.333. The van der Waals surface area contributed by atoms with Crippen LogP contribution >= 0.6 is 0 Å². The fourth-order valence-corrected chi connectivity index (χ4v) is 3.24. The molecule has 0 spiro atoms. The highest BCUT2D eigenvalue weighted by atomic mass is 16.5. The molecule has 0 radical (unpaired) electrons. The third-order valence-corrected chi connectivity index (χ3v) is 4.29. The molecule has 20 heavy (non-hydrogen) atoms. The van der Waals surface area contributed by atoms with Gasteiger partial charge >= 0.3 is 0 Å². The lowest BCUT2D eigenvalue weighted by Crippen LogP contribution is -2.12. The molecular weight excluding hydrogens is 246 g/mol. The van der Waals surface area contributed by atoms with Crippen molar-refractivity contribution < 1.29 is 4.74 Å². The zero-order valence-electron chi connectivity index (χ0n) is 11.6. The summed E-state index contributed by atoms with van der Waals surface area (Å²) < 4.78 is 5.93. The zero-order chi connectivity index (χ0) is 13.4. The van der Waals surface area contributed by atoms with E-state index in [0.717, 1.165) is 31.7 Å². The first-order chi connectivity index (χ1) is 9.92. The highest BCUT2D eigenvalue weighted by molar-refractivity contribution is 5.76. The lowest BCUT2D eigenvalue weighted by Gasteiger charge is -2.22. The Balaban J connectivity index is 1.81. The minimum atomic E-state index is 0.840. The summed E-state index contributed by atoms with van der Waals surface area (Å²) in [6.07, 6.45) is 4.68. The molecule has 0 atom stereocenters. The topological polar surface area (TPSA) is 21.3 Å². The Morgan fingerprint density at radius 2 is 1.90 bits per heavy atom. The minimum Gasteiger partial charge on any atom is -0.493 e. The second-order valence-corrected chi connectivity index (χ2v) is 5.65. The smallest absolute Gasteiger partial charge is 0.130 e. The molecule has 2 heteroatoms. The van der Waals surface area contributed by atoms with Crippen molar-refractivity contribution in [3.63, 3.8) is 0 Å². The number of ether oxygens (including phenoxy) is 1. The maximum absolute atomic E-state index is 5.93. The molecule has 102 valence electrons. The van der Waals surface area contributed by atoms with Gasteiger partial charge in [0.2, 0.25) is 0 Å². The molecule has 0 bridgehead atoms. The predicted molar refractivity (Wildman–Crippen MR) is 82.5 cm³/mol. The molecule has 2 aliphatic heterocycles. The molecule has 0 aromatic heterocycles. The molecule has 0 aliphatic carbocycles. The van der Waals surface area contributed by atoms with Crippen molar-refractivity contribution >= 4 is 5.69 Å². The molecule has 0 fully saturated rings. The van der Waals surface area contributed by atoms with Crippen LogP contribution in [-0.2, 0) is 12.8 Å². The summed E-state index contributed by atoms with van der Waals surface area (Å²) in [6, 6.07) is 13.3. The van der Waals surface area contributed by atoms with E-state index in [1.54, 1.807) is 0 Å². The molecule has 2 aromatic carbocycles. The summed E-state index contributed by atoms with van der Waals surface area (Å²) in [5, 5.41) is 3.51. The molecule has 2 nitrogen and oxygen atoms in total. The maximum atomic E-state index is 5.93. The Morgan fingerprint density at radius 1 is 0.950 bits per heavy atom. The van der Waals surface area contributed by atoms with E-state index in [2.05, 4.69) is 41.7 Å². The van der Waals surface area contributed by atoms with Crippen LogP contribution in [0, 0.1) is 0 Å². The Hall–Kier alpha value is -1.96. The number of rotatable bonds is 1. The van der Waals surface area contributed by atoms with Crippen LogP contribution < -0.4 is 10.1 Å².